The van der Waals surface area contributed by atoms with Crippen molar-refractivity contribution >= 4 is 34.1 Å². The van der Waals surface area contributed by atoms with E-state index in [2.05, 4.69) is 15.6 Å². The number of likely N-dealkylation sites (tertiary alicyclic amines) is 1. The normalized spacial score (nSPS) is 17.6. The van der Waals surface area contributed by atoms with Crippen molar-refractivity contribution < 1.29 is 9.59 Å². The Morgan fingerprint density at radius 1 is 1.33 bits per heavy atom. The van der Waals surface area contributed by atoms with Gasteiger partial charge in [0.1, 0.15) is 0 Å². The lowest BCUT2D eigenvalue weighted by Gasteiger charge is -2.37. The van der Waals surface area contributed by atoms with Gasteiger partial charge in [-0.05, 0) is 37.3 Å². The highest BCUT2D eigenvalue weighted by Crippen LogP contribution is 2.44. The van der Waals surface area contributed by atoms with Crippen LogP contribution < -0.4 is 16.4 Å². The minimum atomic E-state index is -0.488. The number of carbonyl (C=O) groups is 2. The maximum absolute atomic E-state index is 12.6. The molecule has 2 aromatic rings. The van der Waals surface area contributed by atoms with Gasteiger partial charge in [0.25, 0.3) is 0 Å². The van der Waals surface area contributed by atoms with Crippen molar-refractivity contribution in [1.82, 2.24) is 15.2 Å². The molecule has 142 valence electrons. The molecule has 4 rings (SSSR count). The van der Waals surface area contributed by atoms with Crippen LogP contribution in [0.15, 0.2) is 29.6 Å². The van der Waals surface area contributed by atoms with Gasteiger partial charge in [-0.2, -0.15) is 0 Å². The molecule has 0 aliphatic carbocycles. The number of anilines is 2. The monoisotopic (exact) mass is 385 g/mol. The van der Waals surface area contributed by atoms with Gasteiger partial charge in [0.2, 0.25) is 5.91 Å². The Kier molecular flexibility index (Phi) is 4.73. The molecular weight excluding hydrogens is 362 g/mol. The van der Waals surface area contributed by atoms with E-state index in [1.165, 1.54) is 11.3 Å². The molecule has 3 heterocycles. The van der Waals surface area contributed by atoms with Crippen molar-refractivity contribution in [3.05, 3.63) is 40.9 Å². The average Bonchev–Trinajstić information content (AvgIpc) is 3.21. The molecule has 0 bridgehead atoms. The molecule has 1 spiro atoms. The third-order valence-corrected chi connectivity index (χ3v) is 6.21. The van der Waals surface area contributed by atoms with E-state index >= 15 is 0 Å². The second kappa shape index (κ2) is 7.19. The lowest BCUT2D eigenvalue weighted by Crippen LogP contribution is -2.51. The second-order valence-corrected chi connectivity index (χ2v) is 7.97. The van der Waals surface area contributed by atoms with Gasteiger partial charge in [-0.3, -0.25) is 4.79 Å². The van der Waals surface area contributed by atoms with Crippen LogP contribution in [0.2, 0.25) is 0 Å². The summed E-state index contributed by atoms with van der Waals surface area (Å²) in [6.45, 7) is 1.76. The fraction of sp³-hybridized carbons (Fsp3) is 0.421. The molecule has 0 radical (unpaired) electrons. The summed E-state index contributed by atoms with van der Waals surface area (Å²) in [5, 5.41) is 8.49. The van der Waals surface area contributed by atoms with E-state index in [0.29, 0.717) is 37.6 Å². The molecule has 2 aliphatic heterocycles. The number of aromatic nitrogens is 1. The average molecular weight is 385 g/mol. The van der Waals surface area contributed by atoms with Crippen LogP contribution in [-0.2, 0) is 16.6 Å². The highest BCUT2D eigenvalue weighted by molar-refractivity contribution is 7.13. The maximum Gasteiger partial charge on any atom is 0.317 e. The molecule has 4 N–H and O–H groups in total. The van der Waals surface area contributed by atoms with Crippen molar-refractivity contribution in [3.63, 3.8) is 0 Å². The molecule has 7 nitrogen and oxygen atoms in total. The predicted octanol–water partition coefficient (Wildman–Crippen LogP) is 2.35. The molecule has 1 saturated heterocycles. The number of fused-ring (bicyclic) bond motifs is 2. The maximum atomic E-state index is 12.6. The summed E-state index contributed by atoms with van der Waals surface area (Å²) in [6, 6.07) is 7.80. The lowest BCUT2D eigenvalue weighted by atomic mass is 9.74. The number of nitrogens with zero attached hydrogens (tertiary/aromatic N) is 2. The van der Waals surface area contributed by atoms with Crippen LogP contribution in [0.1, 0.15) is 30.5 Å². The zero-order valence-corrected chi connectivity index (χ0v) is 15.8. The number of urea groups is 1. The Balaban J connectivity index is 1.28. The smallest absolute Gasteiger partial charge is 0.317 e. The van der Waals surface area contributed by atoms with Gasteiger partial charge in [-0.15, -0.1) is 11.3 Å². The fourth-order valence-corrected chi connectivity index (χ4v) is 4.57. The molecule has 8 heteroatoms. The van der Waals surface area contributed by atoms with Crippen molar-refractivity contribution in [2.24, 2.45) is 0 Å². The van der Waals surface area contributed by atoms with E-state index < -0.39 is 5.41 Å². The molecule has 1 fully saturated rings. The summed E-state index contributed by atoms with van der Waals surface area (Å²) in [4.78, 5) is 31.0. The van der Waals surface area contributed by atoms with Gasteiger partial charge in [0.15, 0.2) is 5.13 Å². The first-order chi connectivity index (χ1) is 13.1. The number of hydrogen-bond acceptors (Lipinski definition) is 5. The predicted molar refractivity (Wildman–Crippen MR) is 106 cm³/mol. The second-order valence-electron chi connectivity index (χ2n) is 7.08. The van der Waals surface area contributed by atoms with Crippen LogP contribution >= 0.6 is 11.3 Å². The number of benzene rings is 1. The molecule has 0 unspecified atom stereocenters. The third-order valence-electron chi connectivity index (χ3n) is 5.49. The van der Waals surface area contributed by atoms with Crippen LogP contribution in [0.5, 0.6) is 0 Å². The summed E-state index contributed by atoms with van der Waals surface area (Å²) in [6.07, 6.45) is 2.93. The minimum Gasteiger partial charge on any atom is -0.375 e. The largest absolute Gasteiger partial charge is 0.375 e. The molecule has 27 heavy (non-hydrogen) atoms. The van der Waals surface area contributed by atoms with E-state index in [-0.39, 0.29) is 11.9 Å². The number of thiazole rings is 1. The van der Waals surface area contributed by atoms with Crippen LogP contribution in [0.3, 0.4) is 0 Å². The van der Waals surface area contributed by atoms with Crippen molar-refractivity contribution in [1.29, 1.82) is 0 Å². The lowest BCUT2D eigenvalue weighted by molar-refractivity contribution is -0.122. The Hall–Kier alpha value is -2.61. The molecule has 3 amide bonds. The third kappa shape index (κ3) is 3.37. The van der Waals surface area contributed by atoms with Crippen LogP contribution in [-0.4, -0.2) is 41.5 Å². The van der Waals surface area contributed by atoms with Crippen molar-refractivity contribution in [3.8, 4) is 0 Å². The number of nitrogens with one attached hydrogen (secondary N) is 2. The fourth-order valence-electron chi connectivity index (χ4n) is 3.98. The van der Waals surface area contributed by atoms with Gasteiger partial charge >= 0.3 is 6.03 Å². The summed E-state index contributed by atoms with van der Waals surface area (Å²) in [5.41, 5.74) is 8.07. The quantitative estimate of drug-likeness (QED) is 0.703. The number of nitrogen functional groups attached to an aromatic ring is 1. The SMILES string of the molecule is Nc1nc(CCCNC(=O)N2CCC3(CC2)C(=O)Nc2ccccc23)cs1. The van der Waals surface area contributed by atoms with E-state index in [1.54, 1.807) is 4.90 Å². The number of nitrogens with two attached hydrogens (primary N) is 1. The van der Waals surface area contributed by atoms with Crippen LogP contribution in [0.25, 0.3) is 0 Å². The summed E-state index contributed by atoms with van der Waals surface area (Å²) < 4.78 is 0. The summed E-state index contributed by atoms with van der Waals surface area (Å²) in [5.74, 6) is 0.0614. The summed E-state index contributed by atoms with van der Waals surface area (Å²) >= 11 is 1.43. The number of carbonyl (C=O) groups excluding carboxylic acids is 2. The minimum absolute atomic E-state index is 0.0608. The first-order valence-corrected chi connectivity index (χ1v) is 10.1. The molecule has 0 saturated carbocycles. The van der Waals surface area contributed by atoms with Crippen LogP contribution in [0.4, 0.5) is 15.6 Å². The topological polar surface area (TPSA) is 100 Å². The molecule has 1 aromatic carbocycles. The number of piperidine rings is 1. The standard InChI is InChI=1S/C19H23N5O2S/c20-17-22-13(12-27-17)4-3-9-21-18(26)24-10-7-19(8-11-24)14-5-1-2-6-15(14)23-16(19)25/h1-2,5-6,12H,3-4,7-11H2,(H2,20,22)(H,21,26)(H,23,25). The highest BCUT2D eigenvalue weighted by Gasteiger charge is 2.48. The summed E-state index contributed by atoms with van der Waals surface area (Å²) in [7, 11) is 0. The first kappa shape index (κ1) is 17.8. The van der Waals surface area contributed by atoms with Crippen molar-refractivity contribution in [2.75, 3.05) is 30.7 Å². The van der Waals surface area contributed by atoms with Gasteiger partial charge in [0, 0.05) is 30.7 Å². The van der Waals surface area contributed by atoms with Gasteiger partial charge in [-0.25, -0.2) is 9.78 Å². The highest BCUT2D eigenvalue weighted by atomic mass is 32.1. The van der Waals surface area contributed by atoms with E-state index in [0.717, 1.165) is 29.8 Å². The van der Waals surface area contributed by atoms with Gasteiger partial charge in [-0.1, -0.05) is 18.2 Å². The number of aryl methyl sites for hydroxylation is 1. The molecule has 1 aromatic heterocycles. The number of rotatable bonds is 4. The number of para-hydroxylation sites is 1. The van der Waals surface area contributed by atoms with E-state index in [9.17, 15) is 9.59 Å². The number of amides is 3. The van der Waals surface area contributed by atoms with Crippen LogP contribution in [0, 0.1) is 0 Å². The van der Waals surface area contributed by atoms with Gasteiger partial charge < -0.3 is 21.3 Å². The molecule has 0 atom stereocenters. The molecular formula is C19H23N5O2S. The van der Waals surface area contributed by atoms with E-state index in [4.69, 9.17) is 5.73 Å². The Bertz CT molecular complexity index is 857. The Morgan fingerprint density at radius 2 is 2.11 bits per heavy atom. The zero-order valence-electron chi connectivity index (χ0n) is 15.0. The van der Waals surface area contributed by atoms with E-state index in [1.807, 2.05) is 29.6 Å². The first-order valence-electron chi connectivity index (χ1n) is 9.22. The number of hydrogen-bond donors (Lipinski definition) is 3. The molecule has 2 aliphatic rings. The zero-order chi connectivity index (χ0) is 18.9. The van der Waals surface area contributed by atoms with Gasteiger partial charge in [0.05, 0.1) is 11.1 Å². The Morgan fingerprint density at radius 3 is 2.85 bits per heavy atom. The van der Waals surface area contributed by atoms with Crippen molar-refractivity contribution in [2.45, 2.75) is 31.1 Å². The Labute approximate surface area is 162 Å².